The van der Waals surface area contributed by atoms with E-state index in [4.69, 9.17) is 14.2 Å². The molecule has 0 bridgehead atoms. The van der Waals surface area contributed by atoms with Crippen molar-refractivity contribution >= 4 is 10.4 Å². The largest absolute Gasteiger partial charge is 0.726 e. The van der Waals surface area contributed by atoms with Gasteiger partial charge in [-0.15, -0.1) is 0 Å². The van der Waals surface area contributed by atoms with E-state index in [1.807, 2.05) is 18.2 Å². The Morgan fingerprint density at radius 2 is 1.80 bits per heavy atom. The molecule has 0 aromatic heterocycles. The lowest BCUT2D eigenvalue weighted by Gasteiger charge is -2.41. The van der Waals surface area contributed by atoms with Crippen LogP contribution in [0.4, 0.5) is 0 Å². The number of quaternary nitrogens is 1. The van der Waals surface area contributed by atoms with Gasteiger partial charge in [-0.3, -0.25) is 4.18 Å². The van der Waals surface area contributed by atoms with Gasteiger partial charge in [0.15, 0.2) is 11.5 Å². The Morgan fingerprint density at radius 1 is 1.08 bits per heavy atom. The Bertz CT molecular complexity index is 686. The molecule has 2 aliphatic heterocycles. The van der Waals surface area contributed by atoms with E-state index in [1.54, 1.807) is 0 Å². The van der Waals surface area contributed by atoms with Crippen LogP contribution in [0.15, 0.2) is 18.2 Å². The molecule has 9 heteroatoms. The van der Waals surface area contributed by atoms with Crippen LogP contribution in [0.25, 0.3) is 0 Å². The van der Waals surface area contributed by atoms with Crippen LogP contribution >= 0.6 is 0 Å². The van der Waals surface area contributed by atoms with Gasteiger partial charge >= 0.3 is 0 Å². The van der Waals surface area contributed by atoms with E-state index in [0.29, 0.717) is 39.4 Å². The van der Waals surface area contributed by atoms with E-state index < -0.39 is 10.4 Å². The highest BCUT2D eigenvalue weighted by atomic mass is 32.3. The summed E-state index contributed by atoms with van der Waals surface area (Å²) >= 11 is 0. The Balaban J connectivity index is 1.65. The number of ether oxygens (including phenoxy) is 3. The van der Waals surface area contributed by atoms with E-state index in [9.17, 15) is 13.0 Å². The first-order valence-corrected chi connectivity index (χ1v) is 9.71. The highest BCUT2D eigenvalue weighted by Crippen LogP contribution is 2.32. The normalized spacial score (nSPS) is 19.6. The lowest BCUT2D eigenvalue weighted by atomic mass is 10.1. The lowest BCUT2D eigenvalue weighted by molar-refractivity contribution is -0.947. The van der Waals surface area contributed by atoms with Gasteiger partial charge in [0, 0.05) is 12.0 Å². The maximum atomic E-state index is 10.6. The summed E-state index contributed by atoms with van der Waals surface area (Å²) in [5.74, 6) is 1.52. The topological polar surface area (TPSA) is 94.1 Å². The number of benzene rings is 1. The molecule has 0 N–H and O–H groups in total. The average molecular weight is 373 g/mol. The quantitative estimate of drug-likeness (QED) is 0.300. The number of morpholine rings is 1. The lowest BCUT2D eigenvalue weighted by Crippen LogP contribution is -2.55. The number of nitrogens with zero attached hydrogens (tertiary/aromatic N) is 1. The maximum absolute atomic E-state index is 10.6. The Labute approximate surface area is 147 Å². The summed E-state index contributed by atoms with van der Waals surface area (Å²) in [6, 6.07) is 5.96. The Kier molecular flexibility index (Phi) is 5.80. The molecule has 0 saturated carbocycles. The standard InChI is InChI=1S/C16H23NO7S/c18-25(19,20)24-7-1-4-17(5-8-21-9-6-17)13-14-2-3-15-16(12-14)23-11-10-22-15/h2-3,12H,1,4-11,13H2. The van der Waals surface area contributed by atoms with E-state index >= 15 is 0 Å². The fraction of sp³-hybridized carbons (Fsp3) is 0.625. The molecule has 2 aliphatic rings. The second-order valence-electron chi connectivity index (χ2n) is 6.34. The van der Waals surface area contributed by atoms with Gasteiger partial charge in [0.05, 0.1) is 26.4 Å². The van der Waals surface area contributed by atoms with Crippen LogP contribution in [0.5, 0.6) is 11.5 Å². The maximum Gasteiger partial charge on any atom is 0.217 e. The molecule has 1 aromatic rings. The average Bonchev–Trinajstić information content (AvgIpc) is 2.59. The third-order valence-corrected chi connectivity index (χ3v) is 5.00. The summed E-state index contributed by atoms with van der Waals surface area (Å²) in [6.07, 6.45) is 0.492. The van der Waals surface area contributed by atoms with Gasteiger partial charge in [0.2, 0.25) is 10.4 Å². The SMILES string of the molecule is O=S(=O)([O-])OCCC[N+]1(Cc2ccc3c(c2)OCCO3)CCOCC1. The van der Waals surface area contributed by atoms with Crippen molar-refractivity contribution in [2.45, 2.75) is 13.0 Å². The molecule has 1 saturated heterocycles. The van der Waals surface area contributed by atoms with Crippen molar-refractivity contribution in [3.05, 3.63) is 23.8 Å². The second-order valence-corrected chi connectivity index (χ2v) is 7.40. The van der Waals surface area contributed by atoms with Crippen molar-refractivity contribution in [2.75, 3.05) is 52.7 Å². The first-order valence-electron chi connectivity index (χ1n) is 8.37. The highest BCUT2D eigenvalue weighted by Gasteiger charge is 2.31. The van der Waals surface area contributed by atoms with E-state index in [-0.39, 0.29) is 6.61 Å². The molecule has 0 amide bonds. The van der Waals surface area contributed by atoms with Crippen molar-refractivity contribution in [2.24, 2.45) is 0 Å². The van der Waals surface area contributed by atoms with Gasteiger partial charge in [-0.2, -0.15) is 0 Å². The molecule has 1 aromatic carbocycles. The molecule has 0 unspecified atom stereocenters. The van der Waals surface area contributed by atoms with Crippen LogP contribution in [0.3, 0.4) is 0 Å². The zero-order chi connectivity index (χ0) is 17.8. The molecular weight excluding hydrogens is 350 g/mol. The zero-order valence-electron chi connectivity index (χ0n) is 14.0. The fourth-order valence-electron chi connectivity index (χ4n) is 3.33. The predicted molar refractivity (Wildman–Crippen MR) is 87.1 cm³/mol. The summed E-state index contributed by atoms with van der Waals surface area (Å²) in [5.41, 5.74) is 1.13. The van der Waals surface area contributed by atoms with Crippen molar-refractivity contribution in [3.8, 4) is 11.5 Å². The third kappa shape index (κ3) is 5.29. The fourth-order valence-corrected chi connectivity index (χ4v) is 3.65. The van der Waals surface area contributed by atoms with Crippen molar-refractivity contribution in [3.63, 3.8) is 0 Å². The third-order valence-electron chi connectivity index (χ3n) is 4.55. The van der Waals surface area contributed by atoms with Gasteiger partial charge in [-0.05, 0) is 18.2 Å². The van der Waals surface area contributed by atoms with E-state index in [0.717, 1.165) is 41.2 Å². The number of hydrogen-bond donors (Lipinski definition) is 0. The minimum absolute atomic E-state index is 0.0895. The molecule has 8 nitrogen and oxygen atoms in total. The first-order chi connectivity index (χ1) is 12.0. The molecule has 2 heterocycles. The first kappa shape index (κ1) is 18.4. The molecule has 1 fully saturated rings. The molecule has 140 valence electrons. The van der Waals surface area contributed by atoms with Crippen LogP contribution in [-0.2, 0) is 25.9 Å². The minimum Gasteiger partial charge on any atom is -0.726 e. The monoisotopic (exact) mass is 373 g/mol. The highest BCUT2D eigenvalue weighted by molar-refractivity contribution is 7.80. The molecular formula is C16H23NO7S. The number of fused-ring (bicyclic) bond motifs is 1. The number of rotatable bonds is 7. The van der Waals surface area contributed by atoms with Gasteiger partial charge in [0.1, 0.15) is 32.8 Å². The molecule has 0 atom stereocenters. The summed E-state index contributed by atoms with van der Waals surface area (Å²) in [7, 11) is -4.63. The van der Waals surface area contributed by atoms with Gasteiger partial charge in [0.25, 0.3) is 0 Å². The van der Waals surface area contributed by atoms with Crippen LogP contribution in [0.2, 0.25) is 0 Å². The molecule has 0 spiro atoms. The zero-order valence-corrected chi connectivity index (χ0v) is 14.8. The number of hydrogen-bond acceptors (Lipinski definition) is 7. The molecule has 0 aliphatic carbocycles. The second kappa shape index (κ2) is 7.88. The molecule has 0 radical (unpaired) electrons. The van der Waals surface area contributed by atoms with E-state index in [2.05, 4.69) is 4.18 Å². The minimum atomic E-state index is -4.63. The smallest absolute Gasteiger partial charge is 0.217 e. The van der Waals surface area contributed by atoms with Crippen LogP contribution in [-0.4, -0.2) is 70.1 Å². The van der Waals surface area contributed by atoms with Gasteiger partial charge < -0.3 is 23.2 Å². The summed E-state index contributed by atoms with van der Waals surface area (Å²) in [6.45, 7) is 5.50. The van der Waals surface area contributed by atoms with Crippen LogP contribution in [0.1, 0.15) is 12.0 Å². The van der Waals surface area contributed by atoms with Crippen molar-refractivity contribution < 1.29 is 35.8 Å². The van der Waals surface area contributed by atoms with Gasteiger partial charge in [-0.25, -0.2) is 8.42 Å². The summed E-state index contributed by atoms with van der Waals surface area (Å²) < 4.78 is 53.4. The summed E-state index contributed by atoms with van der Waals surface area (Å²) in [5, 5.41) is 0. The van der Waals surface area contributed by atoms with Crippen molar-refractivity contribution in [1.29, 1.82) is 0 Å². The Morgan fingerprint density at radius 3 is 2.52 bits per heavy atom. The summed E-state index contributed by atoms with van der Waals surface area (Å²) in [4.78, 5) is 0. The molecule has 3 rings (SSSR count). The van der Waals surface area contributed by atoms with E-state index in [1.165, 1.54) is 0 Å². The molecule has 25 heavy (non-hydrogen) atoms. The van der Waals surface area contributed by atoms with Crippen molar-refractivity contribution in [1.82, 2.24) is 0 Å². The van der Waals surface area contributed by atoms with Gasteiger partial charge in [-0.1, -0.05) is 0 Å². The predicted octanol–water partition coefficient (Wildman–Crippen LogP) is 0.672. The van der Waals surface area contributed by atoms with Crippen LogP contribution in [0, 0.1) is 0 Å². The van der Waals surface area contributed by atoms with Crippen LogP contribution < -0.4 is 9.47 Å². The Hall–Kier alpha value is -1.39.